The molecule has 0 spiro atoms. The molecule has 0 radical (unpaired) electrons. The lowest BCUT2D eigenvalue weighted by Gasteiger charge is -2.39. The number of nitrogens with two attached hydrogens (primary N) is 1. The number of hydrogen-bond donors (Lipinski definition) is 1. The predicted octanol–water partition coefficient (Wildman–Crippen LogP) is 2.09. The summed E-state index contributed by atoms with van der Waals surface area (Å²) in [6.45, 7) is 7.68. The first kappa shape index (κ1) is 14.2. The van der Waals surface area contributed by atoms with Crippen LogP contribution in [-0.2, 0) is 0 Å². The van der Waals surface area contributed by atoms with Crippen LogP contribution in [0.1, 0.15) is 24.2 Å². The van der Waals surface area contributed by atoms with Crippen molar-refractivity contribution in [1.29, 1.82) is 0 Å². The van der Waals surface area contributed by atoms with Gasteiger partial charge in [0.05, 0.1) is 16.3 Å². The maximum absolute atomic E-state index is 12.5. The molecule has 0 aromatic heterocycles. The molecule has 1 aromatic rings. The minimum Gasteiger partial charge on any atom is -0.398 e. The fourth-order valence-corrected chi connectivity index (χ4v) is 2.74. The number of benzene rings is 1. The molecule has 1 unspecified atom stereocenters. The Hall–Kier alpha value is -1.26. The van der Waals surface area contributed by atoms with Crippen LogP contribution in [0, 0.1) is 0 Å². The van der Waals surface area contributed by atoms with Gasteiger partial charge in [-0.05, 0) is 25.6 Å². The summed E-state index contributed by atoms with van der Waals surface area (Å²) >= 11 is 6.12. The monoisotopic (exact) mass is 281 g/mol. The second-order valence-corrected chi connectivity index (χ2v) is 5.32. The first-order chi connectivity index (χ1) is 9.04. The molecular formula is C14H20ClN3O. The third-order valence-corrected chi connectivity index (χ3v) is 4.14. The first-order valence-corrected chi connectivity index (χ1v) is 6.99. The first-order valence-electron chi connectivity index (χ1n) is 6.62. The largest absolute Gasteiger partial charge is 0.398 e. The van der Waals surface area contributed by atoms with Crippen LogP contribution >= 0.6 is 11.6 Å². The molecule has 4 nitrogen and oxygen atoms in total. The molecular weight excluding hydrogens is 262 g/mol. The average molecular weight is 282 g/mol. The van der Waals surface area contributed by atoms with Crippen LogP contribution in [0.25, 0.3) is 0 Å². The standard InChI is InChI=1S/C14H20ClN3O/c1-3-17-7-8-18(9-10(17)2)14(19)11-5-4-6-12(16)13(11)15/h4-6,10H,3,7-9,16H2,1-2H3. The topological polar surface area (TPSA) is 49.6 Å². The molecule has 19 heavy (non-hydrogen) atoms. The molecule has 1 saturated heterocycles. The third kappa shape index (κ3) is 2.85. The lowest BCUT2D eigenvalue weighted by Crippen LogP contribution is -2.53. The number of piperazine rings is 1. The Balaban J connectivity index is 2.15. The number of amides is 1. The number of hydrogen-bond acceptors (Lipinski definition) is 3. The molecule has 1 atom stereocenters. The minimum absolute atomic E-state index is 0.0279. The quantitative estimate of drug-likeness (QED) is 0.845. The van der Waals surface area contributed by atoms with E-state index in [0.29, 0.717) is 22.3 Å². The molecule has 104 valence electrons. The third-order valence-electron chi connectivity index (χ3n) is 3.72. The van der Waals surface area contributed by atoms with Crippen LogP contribution in [0.15, 0.2) is 18.2 Å². The van der Waals surface area contributed by atoms with E-state index >= 15 is 0 Å². The van der Waals surface area contributed by atoms with Crippen molar-refractivity contribution < 1.29 is 4.79 Å². The Morgan fingerprint density at radius 1 is 1.47 bits per heavy atom. The smallest absolute Gasteiger partial charge is 0.255 e. The van der Waals surface area contributed by atoms with E-state index in [4.69, 9.17) is 17.3 Å². The van der Waals surface area contributed by atoms with Gasteiger partial charge < -0.3 is 10.6 Å². The van der Waals surface area contributed by atoms with Gasteiger partial charge in [0.15, 0.2) is 0 Å². The van der Waals surface area contributed by atoms with Gasteiger partial charge in [-0.1, -0.05) is 24.6 Å². The number of carbonyl (C=O) groups is 1. The van der Waals surface area contributed by atoms with Gasteiger partial charge in [-0.15, -0.1) is 0 Å². The molecule has 1 amide bonds. The van der Waals surface area contributed by atoms with E-state index in [0.717, 1.165) is 26.2 Å². The molecule has 1 fully saturated rings. The highest BCUT2D eigenvalue weighted by Crippen LogP contribution is 2.25. The van der Waals surface area contributed by atoms with E-state index in [2.05, 4.69) is 18.7 Å². The number of nitrogens with zero attached hydrogens (tertiary/aromatic N) is 2. The van der Waals surface area contributed by atoms with Crippen LogP contribution in [0.2, 0.25) is 5.02 Å². The lowest BCUT2D eigenvalue weighted by atomic mass is 10.1. The average Bonchev–Trinajstić information content (AvgIpc) is 2.41. The predicted molar refractivity (Wildman–Crippen MR) is 78.5 cm³/mol. The highest BCUT2D eigenvalue weighted by atomic mass is 35.5. The summed E-state index contributed by atoms with van der Waals surface area (Å²) in [5, 5.41) is 0.359. The van der Waals surface area contributed by atoms with Gasteiger partial charge in [-0.25, -0.2) is 0 Å². The van der Waals surface area contributed by atoms with Gasteiger partial charge in [0, 0.05) is 25.7 Å². The van der Waals surface area contributed by atoms with E-state index in [1.54, 1.807) is 18.2 Å². The summed E-state index contributed by atoms with van der Waals surface area (Å²) in [4.78, 5) is 16.7. The molecule has 0 bridgehead atoms. The Morgan fingerprint density at radius 3 is 2.84 bits per heavy atom. The zero-order valence-corrected chi connectivity index (χ0v) is 12.2. The van der Waals surface area contributed by atoms with E-state index < -0.39 is 0 Å². The fraction of sp³-hybridized carbons (Fsp3) is 0.500. The number of nitrogen functional groups attached to an aromatic ring is 1. The summed E-state index contributed by atoms with van der Waals surface area (Å²) in [5.74, 6) is -0.0279. The van der Waals surface area contributed by atoms with Gasteiger partial charge in [0.1, 0.15) is 0 Å². The number of rotatable bonds is 2. The van der Waals surface area contributed by atoms with Crippen molar-refractivity contribution in [2.24, 2.45) is 0 Å². The number of carbonyl (C=O) groups excluding carboxylic acids is 1. The SMILES string of the molecule is CCN1CCN(C(=O)c2cccc(N)c2Cl)CC1C. The molecule has 2 N–H and O–H groups in total. The zero-order valence-electron chi connectivity index (χ0n) is 11.4. The maximum atomic E-state index is 12.5. The van der Waals surface area contributed by atoms with Crippen molar-refractivity contribution in [2.45, 2.75) is 19.9 Å². The van der Waals surface area contributed by atoms with Crippen molar-refractivity contribution in [3.63, 3.8) is 0 Å². The second-order valence-electron chi connectivity index (χ2n) is 4.94. The Labute approximate surface area is 119 Å². The molecule has 1 aliphatic heterocycles. The van der Waals surface area contributed by atoms with Crippen LogP contribution in [0.5, 0.6) is 0 Å². The van der Waals surface area contributed by atoms with E-state index in [9.17, 15) is 4.79 Å². The molecule has 1 aromatic carbocycles. The molecule has 0 saturated carbocycles. The van der Waals surface area contributed by atoms with E-state index in [-0.39, 0.29) is 5.91 Å². The summed E-state index contributed by atoms with van der Waals surface area (Å²) in [6, 6.07) is 5.58. The summed E-state index contributed by atoms with van der Waals surface area (Å²) in [6.07, 6.45) is 0. The van der Waals surface area contributed by atoms with E-state index in [1.165, 1.54) is 0 Å². The fourth-order valence-electron chi connectivity index (χ4n) is 2.53. The van der Waals surface area contributed by atoms with Crippen molar-refractivity contribution in [3.05, 3.63) is 28.8 Å². The van der Waals surface area contributed by atoms with Crippen LogP contribution in [0.3, 0.4) is 0 Å². The maximum Gasteiger partial charge on any atom is 0.255 e. The van der Waals surface area contributed by atoms with Crippen molar-refractivity contribution in [3.8, 4) is 0 Å². The number of anilines is 1. The minimum atomic E-state index is -0.0279. The second kappa shape index (κ2) is 5.80. The molecule has 2 rings (SSSR count). The van der Waals surface area contributed by atoms with Gasteiger partial charge in [0.2, 0.25) is 0 Å². The molecule has 1 heterocycles. The Morgan fingerprint density at radius 2 is 2.21 bits per heavy atom. The highest BCUT2D eigenvalue weighted by Gasteiger charge is 2.27. The van der Waals surface area contributed by atoms with Crippen LogP contribution < -0.4 is 5.73 Å². The van der Waals surface area contributed by atoms with Gasteiger partial charge >= 0.3 is 0 Å². The summed E-state index contributed by atoms with van der Waals surface area (Å²) < 4.78 is 0. The lowest BCUT2D eigenvalue weighted by molar-refractivity contribution is 0.0528. The van der Waals surface area contributed by atoms with Crippen molar-refractivity contribution in [1.82, 2.24) is 9.80 Å². The van der Waals surface area contributed by atoms with Crippen LogP contribution in [0.4, 0.5) is 5.69 Å². The van der Waals surface area contributed by atoms with Crippen molar-refractivity contribution in [2.75, 3.05) is 31.9 Å². The van der Waals surface area contributed by atoms with Gasteiger partial charge in [-0.3, -0.25) is 9.69 Å². The normalized spacial score (nSPS) is 20.6. The summed E-state index contributed by atoms with van der Waals surface area (Å²) in [5.41, 5.74) is 6.70. The zero-order chi connectivity index (χ0) is 14.0. The summed E-state index contributed by atoms with van der Waals surface area (Å²) in [7, 11) is 0. The van der Waals surface area contributed by atoms with E-state index in [1.807, 2.05) is 4.90 Å². The van der Waals surface area contributed by atoms with Gasteiger partial charge in [0.25, 0.3) is 5.91 Å². The Kier molecular flexibility index (Phi) is 4.32. The molecule has 5 heteroatoms. The number of likely N-dealkylation sites (N-methyl/N-ethyl adjacent to an activating group) is 1. The van der Waals surface area contributed by atoms with Gasteiger partial charge in [-0.2, -0.15) is 0 Å². The number of halogens is 1. The molecule has 0 aliphatic carbocycles. The van der Waals surface area contributed by atoms with Crippen LogP contribution in [-0.4, -0.2) is 47.9 Å². The molecule has 1 aliphatic rings. The van der Waals surface area contributed by atoms with Crippen molar-refractivity contribution >= 4 is 23.2 Å². The Bertz CT molecular complexity index is 478. The highest BCUT2D eigenvalue weighted by molar-refractivity contribution is 6.36.